The average molecular weight is 863 g/mol. The van der Waals surface area contributed by atoms with Gasteiger partial charge >= 0.3 is 17.9 Å². The summed E-state index contributed by atoms with van der Waals surface area (Å²) in [6.45, 7) is 13.7. The number of carbonyl (C=O) groups excluding carboxylic acids is 3. The van der Waals surface area contributed by atoms with E-state index in [1.165, 1.54) is 180 Å². The molecule has 0 saturated heterocycles. The predicted octanol–water partition coefficient (Wildman–Crippen LogP) is 17.6. The van der Waals surface area contributed by atoms with E-state index in [9.17, 15) is 14.4 Å². The van der Waals surface area contributed by atoms with Crippen LogP contribution in [0.4, 0.5) is 0 Å². The van der Waals surface area contributed by atoms with E-state index in [1.54, 1.807) is 0 Å². The highest BCUT2D eigenvalue weighted by atomic mass is 16.6. The van der Waals surface area contributed by atoms with Gasteiger partial charge in [-0.05, 0) is 37.0 Å². The summed E-state index contributed by atoms with van der Waals surface area (Å²) in [6, 6.07) is 0. The van der Waals surface area contributed by atoms with Gasteiger partial charge in [-0.1, -0.05) is 260 Å². The van der Waals surface area contributed by atoms with E-state index < -0.39 is 6.10 Å². The van der Waals surface area contributed by atoms with Crippen LogP contribution in [0.3, 0.4) is 0 Å². The van der Waals surface area contributed by atoms with Crippen LogP contribution >= 0.6 is 0 Å². The Bertz CT molecular complexity index is 945. The van der Waals surface area contributed by atoms with E-state index in [1.807, 2.05) is 0 Å². The van der Waals surface area contributed by atoms with Crippen LogP contribution < -0.4 is 0 Å². The molecule has 0 amide bonds. The maximum atomic E-state index is 12.8. The molecular formula is C55H106O6. The Hall–Kier alpha value is -1.59. The molecule has 0 aliphatic heterocycles. The van der Waals surface area contributed by atoms with Crippen molar-refractivity contribution in [2.45, 2.75) is 304 Å². The van der Waals surface area contributed by atoms with E-state index in [0.29, 0.717) is 19.3 Å². The predicted molar refractivity (Wildman–Crippen MR) is 261 cm³/mol. The van der Waals surface area contributed by atoms with Crippen molar-refractivity contribution < 1.29 is 28.6 Å². The highest BCUT2D eigenvalue weighted by Gasteiger charge is 2.19. The maximum absolute atomic E-state index is 12.8. The Labute approximate surface area is 380 Å². The molecule has 0 unspecified atom stereocenters. The lowest BCUT2D eigenvalue weighted by atomic mass is 10.0. The number of esters is 3. The van der Waals surface area contributed by atoms with Gasteiger partial charge in [0, 0.05) is 19.3 Å². The minimum atomic E-state index is -0.763. The number of hydrogen-bond acceptors (Lipinski definition) is 6. The molecule has 6 nitrogen and oxygen atoms in total. The molecule has 0 radical (unpaired) electrons. The van der Waals surface area contributed by atoms with E-state index in [0.717, 1.165) is 75.5 Å². The second-order valence-electron chi connectivity index (χ2n) is 20.3. The van der Waals surface area contributed by atoms with Gasteiger partial charge in [0.05, 0.1) is 0 Å². The van der Waals surface area contributed by atoms with Gasteiger partial charge in [0.25, 0.3) is 0 Å². The van der Waals surface area contributed by atoms with Crippen molar-refractivity contribution in [3.63, 3.8) is 0 Å². The number of ether oxygens (including phenoxy) is 3. The molecule has 0 spiro atoms. The summed E-state index contributed by atoms with van der Waals surface area (Å²) in [5.41, 5.74) is 0. The molecule has 362 valence electrons. The number of hydrogen-bond donors (Lipinski definition) is 0. The third-order valence-corrected chi connectivity index (χ3v) is 12.4. The zero-order chi connectivity index (χ0) is 44.9. The first-order chi connectivity index (χ1) is 29.6. The highest BCUT2D eigenvalue weighted by molar-refractivity contribution is 5.71. The van der Waals surface area contributed by atoms with Gasteiger partial charge < -0.3 is 14.2 Å². The summed E-state index contributed by atoms with van der Waals surface area (Å²) in [5, 5.41) is 0. The quantitative estimate of drug-likeness (QED) is 0.0344. The molecular weight excluding hydrogens is 757 g/mol. The standard InChI is InChI=1S/C55H106O6/c1-49(2)41-35-29-23-19-15-11-9-7-8-10-12-18-22-26-34-40-46-55(58)61-52(48-60-54(57)45-39-33-28-27-31-37-43-51(5)6)47-59-53(56)44-38-32-25-21-17-14-13-16-20-24-30-36-42-50(3)4/h49-52H,7-48H2,1-6H3/t52-/m0/s1. The summed E-state index contributed by atoms with van der Waals surface area (Å²) in [6.07, 6.45) is 46.8. The number of unbranched alkanes of at least 4 members (excludes halogenated alkanes) is 31. The van der Waals surface area contributed by atoms with Crippen molar-refractivity contribution in [1.82, 2.24) is 0 Å². The first-order valence-corrected chi connectivity index (χ1v) is 27.1. The summed E-state index contributed by atoms with van der Waals surface area (Å²) < 4.78 is 16.8. The molecule has 0 saturated carbocycles. The largest absolute Gasteiger partial charge is 0.462 e. The van der Waals surface area contributed by atoms with Gasteiger partial charge in [-0.2, -0.15) is 0 Å². The fraction of sp³-hybridized carbons (Fsp3) is 0.945. The van der Waals surface area contributed by atoms with Gasteiger partial charge in [-0.3, -0.25) is 14.4 Å². The molecule has 0 aliphatic carbocycles. The second kappa shape index (κ2) is 46.4. The van der Waals surface area contributed by atoms with Gasteiger partial charge in [-0.15, -0.1) is 0 Å². The van der Waals surface area contributed by atoms with Gasteiger partial charge in [-0.25, -0.2) is 0 Å². The smallest absolute Gasteiger partial charge is 0.306 e. The van der Waals surface area contributed by atoms with E-state index in [4.69, 9.17) is 14.2 Å². The van der Waals surface area contributed by atoms with Gasteiger partial charge in [0.15, 0.2) is 6.10 Å². The van der Waals surface area contributed by atoms with Crippen molar-refractivity contribution in [1.29, 1.82) is 0 Å². The van der Waals surface area contributed by atoms with Crippen LogP contribution in [0, 0.1) is 17.8 Å². The minimum Gasteiger partial charge on any atom is -0.462 e. The summed E-state index contributed by atoms with van der Waals surface area (Å²) in [4.78, 5) is 37.9. The van der Waals surface area contributed by atoms with Crippen LogP contribution in [0.1, 0.15) is 298 Å². The van der Waals surface area contributed by atoms with Crippen LogP contribution in [-0.2, 0) is 28.6 Å². The number of carbonyl (C=O) groups is 3. The van der Waals surface area contributed by atoms with Crippen molar-refractivity contribution in [2.75, 3.05) is 13.2 Å². The molecule has 0 N–H and O–H groups in total. The van der Waals surface area contributed by atoms with E-state index in [2.05, 4.69) is 41.5 Å². The molecule has 6 heteroatoms. The van der Waals surface area contributed by atoms with E-state index >= 15 is 0 Å². The minimum absolute atomic E-state index is 0.0650. The van der Waals surface area contributed by atoms with Gasteiger partial charge in [0.1, 0.15) is 13.2 Å². The normalized spacial score (nSPS) is 12.1. The molecule has 0 bridgehead atoms. The van der Waals surface area contributed by atoms with E-state index in [-0.39, 0.29) is 31.1 Å². The van der Waals surface area contributed by atoms with Crippen LogP contribution in [0.2, 0.25) is 0 Å². The Morgan fingerprint density at radius 3 is 0.705 bits per heavy atom. The summed E-state index contributed by atoms with van der Waals surface area (Å²) >= 11 is 0. The zero-order valence-corrected chi connectivity index (χ0v) is 42.0. The van der Waals surface area contributed by atoms with Crippen molar-refractivity contribution in [3.05, 3.63) is 0 Å². The van der Waals surface area contributed by atoms with Crippen LogP contribution in [0.15, 0.2) is 0 Å². The molecule has 61 heavy (non-hydrogen) atoms. The molecule has 0 rings (SSSR count). The Morgan fingerprint density at radius 1 is 0.279 bits per heavy atom. The molecule has 0 aliphatic rings. The first-order valence-electron chi connectivity index (χ1n) is 27.1. The molecule has 0 aromatic carbocycles. The lowest BCUT2D eigenvalue weighted by Gasteiger charge is -2.18. The Morgan fingerprint density at radius 2 is 0.475 bits per heavy atom. The van der Waals surface area contributed by atoms with Crippen LogP contribution in [-0.4, -0.2) is 37.2 Å². The first kappa shape index (κ1) is 59.4. The maximum Gasteiger partial charge on any atom is 0.306 e. The van der Waals surface area contributed by atoms with Crippen molar-refractivity contribution in [2.24, 2.45) is 17.8 Å². The zero-order valence-electron chi connectivity index (χ0n) is 42.0. The van der Waals surface area contributed by atoms with Crippen molar-refractivity contribution >= 4 is 17.9 Å². The lowest BCUT2D eigenvalue weighted by Crippen LogP contribution is -2.30. The molecule has 0 fully saturated rings. The van der Waals surface area contributed by atoms with Crippen LogP contribution in [0.25, 0.3) is 0 Å². The Kier molecular flexibility index (Phi) is 45.2. The molecule has 0 aromatic heterocycles. The topological polar surface area (TPSA) is 78.9 Å². The number of rotatable bonds is 48. The van der Waals surface area contributed by atoms with Crippen LogP contribution in [0.5, 0.6) is 0 Å². The third kappa shape index (κ3) is 49.3. The molecule has 0 heterocycles. The molecule has 0 aromatic rings. The third-order valence-electron chi connectivity index (χ3n) is 12.4. The summed E-state index contributed by atoms with van der Waals surface area (Å²) in [5.74, 6) is 1.60. The molecule has 1 atom stereocenters. The average Bonchev–Trinajstić information content (AvgIpc) is 3.22. The Balaban J connectivity index is 4.24. The highest BCUT2D eigenvalue weighted by Crippen LogP contribution is 2.18. The fourth-order valence-corrected chi connectivity index (χ4v) is 8.29. The van der Waals surface area contributed by atoms with Crippen molar-refractivity contribution in [3.8, 4) is 0 Å². The van der Waals surface area contributed by atoms with Gasteiger partial charge in [0.2, 0.25) is 0 Å². The second-order valence-corrected chi connectivity index (χ2v) is 20.3. The SMILES string of the molecule is CC(C)CCCCCCCCCCCCCCCCCCC(=O)O[C@@H](COC(=O)CCCCCCCCCCCCCCC(C)C)COC(=O)CCCCCCCCC(C)C. The fourth-order valence-electron chi connectivity index (χ4n) is 8.29. The monoisotopic (exact) mass is 863 g/mol. The summed E-state index contributed by atoms with van der Waals surface area (Å²) in [7, 11) is 0. The lowest BCUT2D eigenvalue weighted by molar-refractivity contribution is -0.167.